The molecule has 1 unspecified atom stereocenters. The summed E-state index contributed by atoms with van der Waals surface area (Å²) in [7, 11) is 1.92. The van der Waals surface area contributed by atoms with E-state index in [4.69, 9.17) is 4.74 Å². The van der Waals surface area contributed by atoms with Crippen LogP contribution in [0.1, 0.15) is 49.8 Å². The normalized spacial score (nSPS) is 16.7. The van der Waals surface area contributed by atoms with E-state index in [2.05, 4.69) is 30.5 Å². The van der Waals surface area contributed by atoms with Crippen LogP contribution >= 0.6 is 0 Å². The average Bonchev–Trinajstić information content (AvgIpc) is 2.98. The third-order valence-corrected chi connectivity index (χ3v) is 4.14. The predicted octanol–water partition coefficient (Wildman–Crippen LogP) is 2.71. The van der Waals surface area contributed by atoms with E-state index in [1.165, 1.54) is 18.4 Å². The van der Waals surface area contributed by atoms with Gasteiger partial charge in [0.05, 0.1) is 0 Å². The fourth-order valence-corrected chi connectivity index (χ4v) is 2.78. The Bertz CT molecular complexity index is 482. The summed E-state index contributed by atoms with van der Waals surface area (Å²) >= 11 is 0. The second-order valence-corrected chi connectivity index (χ2v) is 5.89. The first kappa shape index (κ1) is 15.8. The van der Waals surface area contributed by atoms with Crippen LogP contribution in [0.5, 0.6) is 5.75 Å². The van der Waals surface area contributed by atoms with Crippen molar-refractivity contribution < 1.29 is 9.53 Å². The molecule has 1 aromatic carbocycles. The van der Waals surface area contributed by atoms with Crippen LogP contribution in [0.25, 0.3) is 0 Å². The molecule has 0 saturated heterocycles. The maximum atomic E-state index is 11.9. The molecule has 1 atom stereocenters. The van der Waals surface area contributed by atoms with Crippen molar-refractivity contribution in [2.45, 2.75) is 51.6 Å². The number of amides is 1. The van der Waals surface area contributed by atoms with Crippen molar-refractivity contribution in [2.75, 3.05) is 13.7 Å². The molecule has 2 rings (SSSR count). The Kier molecular flexibility index (Phi) is 5.62. The number of ether oxygens (including phenoxy) is 1. The van der Waals surface area contributed by atoms with Gasteiger partial charge in [-0.3, -0.25) is 4.79 Å². The summed E-state index contributed by atoms with van der Waals surface area (Å²) in [5.41, 5.74) is 2.28. The zero-order chi connectivity index (χ0) is 15.2. The zero-order valence-corrected chi connectivity index (χ0v) is 13.2. The Labute approximate surface area is 127 Å². The summed E-state index contributed by atoms with van der Waals surface area (Å²) in [5, 5.41) is 6.26. The number of carbonyl (C=O) groups is 1. The predicted molar refractivity (Wildman–Crippen MR) is 84.5 cm³/mol. The third kappa shape index (κ3) is 4.46. The first-order valence-electron chi connectivity index (χ1n) is 7.80. The Morgan fingerprint density at radius 3 is 2.76 bits per heavy atom. The van der Waals surface area contributed by atoms with Crippen molar-refractivity contribution in [3.63, 3.8) is 0 Å². The molecular weight excluding hydrogens is 264 g/mol. The number of hydrogen-bond donors (Lipinski definition) is 2. The summed E-state index contributed by atoms with van der Waals surface area (Å²) < 4.78 is 5.74. The minimum absolute atomic E-state index is 0.0227. The van der Waals surface area contributed by atoms with Gasteiger partial charge in [0.1, 0.15) is 5.75 Å². The lowest BCUT2D eigenvalue weighted by Gasteiger charge is -2.18. The lowest BCUT2D eigenvalue weighted by atomic mass is 10.0. The number of aryl methyl sites for hydroxylation is 1. The van der Waals surface area contributed by atoms with E-state index in [0.717, 1.165) is 24.2 Å². The highest BCUT2D eigenvalue weighted by Gasteiger charge is 2.18. The molecule has 2 N–H and O–H groups in total. The Hall–Kier alpha value is -1.55. The van der Waals surface area contributed by atoms with Crippen molar-refractivity contribution in [3.05, 3.63) is 29.3 Å². The van der Waals surface area contributed by atoms with Crippen molar-refractivity contribution in [1.29, 1.82) is 0 Å². The molecule has 116 valence electrons. The van der Waals surface area contributed by atoms with Crippen LogP contribution in [-0.4, -0.2) is 25.6 Å². The summed E-state index contributed by atoms with van der Waals surface area (Å²) in [6.07, 6.45) is 4.62. The SMILES string of the molecule is CNC(C)c1cc(C)ccc1OCC(=O)NC1CCCC1. The molecule has 1 fully saturated rings. The van der Waals surface area contributed by atoms with Crippen LogP contribution in [0.4, 0.5) is 0 Å². The molecule has 21 heavy (non-hydrogen) atoms. The molecular formula is C17H26N2O2. The molecule has 4 heteroatoms. The fraction of sp³-hybridized carbons (Fsp3) is 0.588. The molecule has 4 nitrogen and oxygen atoms in total. The van der Waals surface area contributed by atoms with Gasteiger partial charge in [-0.1, -0.05) is 30.5 Å². The van der Waals surface area contributed by atoms with Gasteiger partial charge < -0.3 is 15.4 Å². The third-order valence-electron chi connectivity index (χ3n) is 4.14. The highest BCUT2D eigenvalue weighted by molar-refractivity contribution is 5.77. The van der Waals surface area contributed by atoms with Gasteiger partial charge >= 0.3 is 0 Å². The molecule has 0 aliphatic heterocycles. The summed E-state index contributed by atoms with van der Waals surface area (Å²) in [4.78, 5) is 11.9. The first-order chi connectivity index (χ1) is 10.1. The lowest BCUT2D eigenvalue weighted by molar-refractivity contribution is -0.123. The lowest BCUT2D eigenvalue weighted by Crippen LogP contribution is -2.36. The van der Waals surface area contributed by atoms with Gasteiger partial charge in [0.25, 0.3) is 5.91 Å². The molecule has 1 aliphatic rings. The van der Waals surface area contributed by atoms with E-state index >= 15 is 0 Å². The fourth-order valence-electron chi connectivity index (χ4n) is 2.78. The van der Waals surface area contributed by atoms with Gasteiger partial charge in [0.2, 0.25) is 0 Å². The monoisotopic (exact) mass is 290 g/mol. The number of carbonyl (C=O) groups excluding carboxylic acids is 1. The average molecular weight is 290 g/mol. The topological polar surface area (TPSA) is 50.4 Å². The Morgan fingerprint density at radius 2 is 2.10 bits per heavy atom. The molecule has 1 saturated carbocycles. The van der Waals surface area contributed by atoms with E-state index in [1.807, 2.05) is 19.2 Å². The van der Waals surface area contributed by atoms with Crippen LogP contribution < -0.4 is 15.4 Å². The van der Waals surface area contributed by atoms with Crippen LogP contribution in [0.2, 0.25) is 0 Å². The molecule has 1 aromatic rings. The van der Waals surface area contributed by atoms with Gasteiger partial charge in [-0.25, -0.2) is 0 Å². The maximum absolute atomic E-state index is 11.9. The smallest absolute Gasteiger partial charge is 0.258 e. The minimum Gasteiger partial charge on any atom is -0.483 e. The minimum atomic E-state index is -0.0227. The second kappa shape index (κ2) is 7.46. The van der Waals surface area contributed by atoms with Gasteiger partial charge in [-0.15, -0.1) is 0 Å². The van der Waals surface area contributed by atoms with Gasteiger partial charge in [0, 0.05) is 17.6 Å². The number of nitrogens with one attached hydrogen (secondary N) is 2. The van der Waals surface area contributed by atoms with E-state index in [1.54, 1.807) is 0 Å². The highest BCUT2D eigenvalue weighted by Crippen LogP contribution is 2.26. The first-order valence-corrected chi connectivity index (χ1v) is 7.80. The van der Waals surface area contributed by atoms with Gasteiger partial charge in [-0.05, 0) is 39.8 Å². The maximum Gasteiger partial charge on any atom is 0.258 e. The van der Waals surface area contributed by atoms with E-state index < -0.39 is 0 Å². The van der Waals surface area contributed by atoms with Crippen molar-refractivity contribution >= 4 is 5.91 Å². The molecule has 0 bridgehead atoms. The zero-order valence-electron chi connectivity index (χ0n) is 13.2. The summed E-state index contributed by atoms with van der Waals surface area (Å²) in [5.74, 6) is 0.759. The van der Waals surface area contributed by atoms with Gasteiger partial charge in [-0.2, -0.15) is 0 Å². The summed E-state index contributed by atoms with van der Waals surface area (Å²) in [6.45, 7) is 4.23. The standard InChI is InChI=1S/C17H26N2O2/c1-12-8-9-16(15(10-12)13(2)18-3)21-11-17(20)19-14-6-4-5-7-14/h8-10,13-14,18H,4-7,11H2,1-3H3,(H,19,20). The second-order valence-electron chi connectivity index (χ2n) is 5.89. The Morgan fingerprint density at radius 1 is 1.38 bits per heavy atom. The molecule has 0 spiro atoms. The summed E-state index contributed by atoms with van der Waals surface area (Å²) in [6, 6.07) is 6.59. The van der Waals surface area contributed by atoms with Gasteiger partial charge in [0.15, 0.2) is 6.61 Å². The van der Waals surface area contributed by atoms with Crippen molar-refractivity contribution in [2.24, 2.45) is 0 Å². The van der Waals surface area contributed by atoms with Crippen LogP contribution in [0, 0.1) is 6.92 Å². The molecule has 1 amide bonds. The number of benzene rings is 1. The van der Waals surface area contributed by atoms with Crippen molar-refractivity contribution in [3.8, 4) is 5.75 Å². The highest BCUT2D eigenvalue weighted by atomic mass is 16.5. The van der Waals surface area contributed by atoms with E-state index in [9.17, 15) is 4.79 Å². The number of rotatable bonds is 6. The van der Waals surface area contributed by atoms with Crippen LogP contribution in [-0.2, 0) is 4.79 Å². The Balaban J connectivity index is 1.94. The molecule has 1 aliphatic carbocycles. The van der Waals surface area contributed by atoms with E-state index in [0.29, 0.717) is 6.04 Å². The van der Waals surface area contributed by atoms with Crippen LogP contribution in [0.3, 0.4) is 0 Å². The largest absolute Gasteiger partial charge is 0.483 e. The molecule has 0 heterocycles. The molecule has 0 aromatic heterocycles. The number of hydrogen-bond acceptors (Lipinski definition) is 3. The molecule has 0 radical (unpaired) electrons. The van der Waals surface area contributed by atoms with Crippen molar-refractivity contribution in [1.82, 2.24) is 10.6 Å². The van der Waals surface area contributed by atoms with Crippen LogP contribution in [0.15, 0.2) is 18.2 Å². The quantitative estimate of drug-likeness (QED) is 0.847. The van der Waals surface area contributed by atoms with E-state index in [-0.39, 0.29) is 18.6 Å².